The van der Waals surface area contributed by atoms with E-state index in [1.165, 1.54) is 18.3 Å². The summed E-state index contributed by atoms with van der Waals surface area (Å²) in [5.74, 6) is 0.163. The van der Waals surface area contributed by atoms with Crippen LogP contribution in [0.4, 0.5) is 5.88 Å². The van der Waals surface area contributed by atoms with E-state index in [0.717, 1.165) is 9.15 Å². The summed E-state index contributed by atoms with van der Waals surface area (Å²) >= 11 is 3.31. The molecule has 0 fully saturated rings. The predicted octanol–water partition coefficient (Wildman–Crippen LogP) is 2.85. The molecule has 9 heteroatoms. The van der Waals surface area contributed by atoms with Crippen molar-refractivity contribution >= 4 is 38.9 Å². The van der Waals surface area contributed by atoms with Crippen LogP contribution in [0, 0.1) is 17.0 Å². The SMILES string of the molecule is Cc1nc2ccc(Br)cc2c(=O)n1/N=C/c1ccc([N+](=O)[O-])o1. The third kappa shape index (κ3) is 2.90. The van der Waals surface area contributed by atoms with Crippen LogP contribution in [-0.2, 0) is 0 Å². The Kier molecular flexibility index (Phi) is 3.78. The lowest BCUT2D eigenvalue weighted by atomic mass is 10.2. The molecule has 8 nitrogen and oxygen atoms in total. The largest absolute Gasteiger partial charge is 0.433 e. The number of aryl methyl sites for hydroxylation is 1. The van der Waals surface area contributed by atoms with Crippen molar-refractivity contribution in [3.05, 3.63) is 66.9 Å². The fourth-order valence-corrected chi connectivity index (χ4v) is 2.38. The second-order valence-corrected chi connectivity index (χ2v) is 5.53. The second-order valence-electron chi connectivity index (χ2n) is 4.62. The van der Waals surface area contributed by atoms with Crippen molar-refractivity contribution in [3.8, 4) is 0 Å². The Morgan fingerprint density at radius 1 is 1.39 bits per heavy atom. The molecule has 0 N–H and O–H groups in total. The molecule has 23 heavy (non-hydrogen) atoms. The van der Waals surface area contributed by atoms with Gasteiger partial charge in [-0.1, -0.05) is 15.9 Å². The molecule has 3 aromatic rings. The van der Waals surface area contributed by atoms with Gasteiger partial charge in [-0.05, 0) is 31.2 Å². The molecule has 0 aliphatic rings. The molecule has 0 aliphatic heterocycles. The summed E-state index contributed by atoms with van der Waals surface area (Å²) in [6.45, 7) is 1.64. The van der Waals surface area contributed by atoms with Gasteiger partial charge in [-0.3, -0.25) is 14.9 Å². The van der Waals surface area contributed by atoms with Gasteiger partial charge in [0, 0.05) is 4.47 Å². The lowest BCUT2D eigenvalue weighted by molar-refractivity contribution is -0.402. The maximum absolute atomic E-state index is 12.5. The van der Waals surface area contributed by atoms with Crippen LogP contribution in [-0.4, -0.2) is 20.8 Å². The average Bonchev–Trinajstić information content (AvgIpc) is 2.97. The van der Waals surface area contributed by atoms with E-state index in [-0.39, 0.29) is 11.3 Å². The number of hydrogen-bond donors (Lipinski definition) is 0. The number of aromatic nitrogens is 2. The van der Waals surface area contributed by atoms with Crippen LogP contribution in [0.1, 0.15) is 11.6 Å². The van der Waals surface area contributed by atoms with Crippen LogP contribution in [0.3, 0.4) is 0 Å². The molecule has 116 valence electrons. The van der Waals surface area contributed by atoms with Gasteiger partial charge >= 0.3 is 5.88 Å². The zero-order valence-corrected chi connectivity index (χ0v) is 13.3. The van der Waals surface area contributed by atoms with Gasteiger partial charge in [-0.15, -0.1) is 0 Å². The fourth-order valence-electron chi connectivity index (χ4n) is 2.02. The first kappa shape index (κ1) is 15.1. The van der Waals surface area contributed by atoms with Crippen LogP contribution in [0.25, 0.3) is 10.9 Å². The standard InChI is InChI=1S/C14H9BrN4O4/c1-8-17-12-4-2-9(15)6-11(12)14(20)18(8)16-7-10-3-5-13(23-10)19(21)22/h2-7H,1H3/b16-7+. The number of halogens is 1. The number of nitro groups is 1. The Labute approximate surface area is 137 Å². The van der Waals surface area contributed by atoms with Crippen LogP contribution in [0.5, 0.6) is 0 Å². The third-order valence-corrected chi connectivity index (χ3v) is 3.56. The molecule has 0 amide bonds. The molecule has 0 spiro atoms. The normalized spacial score (nSPS) is 11.4. The van der Waals surface area contributed by atoms with E-state index >= 15 is 0 Å². The van der Waals surface area contributed by atoms with E-state index < -0.39 is 10.8 Å². The van der Waals surface area contributed by atoms with Crippen LogP contribution in [0.15, 0.2) is 49.1 Å². The van der Waals surface area contributed by atoms with Gasteiger partial charge in [0.05, 0.1) is 23.2 Å². The highest BCUT2D eigenvalue weighted by Gasteiger charge is 2.11. The number of rotatable bonds is 3. The molecule has 0 atom stereocenters. The number of benzene rings is 1. The summed E-state index contributed by atoms with van der Waals surface area (Å²) in [4.78, 5) is 26.7. The zero-order chi connectivity index (χ0) is 16.6. The molecule has 0 bridgehead atoms. The molecule has 0 saturated carbocycles. The quantitative estimate of drug-likeness (QED) is 0.397. The first-order valence-corrected chi connectivity index (χ1v) is 7.22. The zero-order valence-electron chi connectivity index (χ0n) is 11.8. The Balaban J connectivity index is 2.06. The summed E-state index contributed by atoms with van der Waals surface area (Å²) in [6, 6.07) is 7.80. The summed E-state index contributed by atoms with van der Waals surface area (Å²) in [6.07, 6.45) is 1.23. The highest BCUT2D eigenvalue weighted by Crippen LogP contribution is 2.16. The monoisotopic (exact) mass is 376 g/mol. The van der Waals surface area contributed by atoms with Crippen molar-refractivity contribution in [2.24, 2.45) is 5.10 Å². The number of furan rings is 1. The highest BCUT2D eigenvalue weighted by molar-refractivity contribution is 9.10. The van der Waals surface area contributed by atoms with E-state index in [0.29, 0.717) is 16.7 Å². The predicted molar refractivity (Wildman–Crippen MR) is 86.8 cm³/mol. The molecule has 0 radical (unpaired) electrons. The third-order valence-electron chi connectivity index (χ3n) is 3.06. The molecular formula is C14H9BrN4O4. The van der Waals surface area contributed by atoms with Gasteiger partial charge < -0.3 is 4.42 Å². The molecule has 0 saturated heterocycles. The van der Waals surface area contributed by atoms with Gasteiger partial charge in [0.25, 0.3) is 5.56 Å². The van der Waals surface area contributed by atoms with E-state index in [2.05, 4.69) is 26.0 Å². The first-order chi connectivity index (χ1) is 11.0. The minimum Gasteiger partial charge on any atom is -0.400 e. The maximum Gasteiger partial charge on any atom is 0.433 e. The second kappa shape index (κ2) is 5.76. The Morgan fingerprint density at radius 2 is 2.17 bits per heavy atom. The minimum absolute atomic E-state index is 0.164. The summed E-state index contributed by atoms with van der Waals surface area (Å²) < 4.78 is 6.83. The highest BCUT2D eigenvalue weighted by atomic mass is 79.9. The van der Waals surface area contributed by atoms with E-state index in [1.807, 2.05) is 0 Å². The lowest BCUT2D eigenvalue weighted by Gasteiger charge is -2.05. The molecule has 1 aromatic carbocycles. The smallest absolute Gasteiger partial charge is 0.400 e. The van der Waals surface area contributed by atoms with Crippen molar-refractivity contribution in [2.45, 2.75) is 6.92 Å². The Bertz CT molecular complexity index is 1010. The van der Waals surface area contributed by atoms with E-state index in [4.69, 9.17) is 4.42 Å². The molecule has 2 heterocycles. The molecule has 0 unspecified atom stereocenters. The van der Waals surface area contributed by atoms with Gasteiger partial charge in [0.2, 0.25) is 0 Å². The molecule has 0 aliphatic carbocycles. The van der Waals surface area contributed by atoms with Crippen molar-refractivity contribution in [1.29, 1.82) is 0 Å². The topological polar surface area (TPSA) is 104 Å². The molecular weight excluding hydrogens is 368 g/mol. The van der Waals surface area contributed by atoms with Crippen molar-refractivity contribution < 1.29 is 9.34 Å². The minimum atomic E-state index is -0.649. The van der Waals surface area contributed by atoms with Crippen molar-refractivity contribution in [3.63, 3.8) is 0 Å². The van der Waals surface area contributed by atoms with Crippen LogP contribution in [0.2, 0.25) is 0 Å². The average molecular weight is 377 g/mol. The van der Waals surface area contributed by atoms with Crippen molar-refractivity contribution in [1.82, 2.24) is 9.66 Å². The lowest BCUT2D eigenvalue weighted by Crippen LogP contribution is -2.20. The van der Waals surface area contributed by atoms with Gasteiger partial charge in [0.15, 0.2) is 5.76 Å². The summed E-state index contributed by atoms with van der Waals surface area (Å²) in [5, 5.41) is 15.0. The number of nitrogens with zero attached hydrogens (tertiary/aromatic N) is 4. The molecule has 3 rings (SSSR count). The summed E-state index contributed by atoms with van der Waals surface area (Å²) in [5.41, 5.74) is 0.224. The van der Waals surface area contributed by atoms with Crippen LogP contribution >= 0.6 is 15.9 Å². The van der Waals surface area contributed by atoms with E-state index in [9.17, 15) is 14.9 Å². The summed E-state index contributed by atoms with van der Waals surface area (Å²) in [7, 11) is 0. The van der Waals surface area contributed by atoms with Gasteiger partial charge in [-0.2, -0.15) is 9.78 Å². The van der Waals surface area contributed by atoms with Gasteiger partial charge in [-0.25, -0.2) is 4.98 Å². The fraction of sp³-hybridized carbons (Fsp3) is 0.0714. The van der Waals surface area contributed by atoms with Crippen LogP contribution < -0.4 is 5.56 Å². The maximum atomic E-state index is 12.5. The van der Waals surface area contributed by atoms with Crippen molar-refractivity contribution in [2.75, 3.05) is 0 Å². The van der Waals surface area contributed by atoms with E-state index in [1.54, 1.807) is 25.1 Å². The van der Waals surface area contributed by atoms with Gasteiger partial charge in [0.1, 0.15) is 10.7 Å². The Hall–Kier alpha value is -2.81. The molecule has 2 aromatic heterocycles. The number of hydrogen-bond acceptors (Lipinski definition) is 6. The number of fused-ring (bicyclic) bond motifs is 1. The first-order valence-electron chi connectivity index (χ1n) is 6.43. The Morgan fingerprint density at radius 3 is 2.87 bits per heavy atom.